The van der Waals surface area contributed by atoms with Crippen molar-refractivity contribution in [1.29, 1.82) is 0 Å². The molecule has 1 atom stereocenters. The van der Waals surface area contributed by atoms with Gasteiger partial charge >= 0.3 is 0 Å². The lowest BCUT2D eigenvalue weighted by molar-refractivity contribution is -0.0434. The van der Waals surface area contributed by atoms with E-state index in [1.165, 1.54) is 0 Å². The van der Waals surface area contributed by atoms with Crippen LogP contribution in [0, 0.1) is 5.41 Å². The summed E-state index contributed by atoms with van der Waals surface area (Å²) >= 11 is 0. The van der Waals surface area contributed by atoms with Crippen LogP contribution in [0.2, 0.25) is 0 Å². The fourth-order valence-corrected chi connectivity index (χ4v) is 3.73. The van der Waals surface area contributed by atoms with E-state index in [1.807, 2.05) is 37.3 Å². The summed E-state index contributed by atoms with van der Waals surface area (Å²) in [7, 11) is 1.66. The van der Waals surface area contributed by atoms with E-state index in [1.54, 1.807) is 7.11 Å². The van der Waals surface area contributed by atoms with Crippen molar-refractivity contribution in [3.8, 4) is 5.75 Å². The Bertz CT molecular complexity index is 575. The van der Waals surface area contributed by atoms with E-state index in [4.69, 9.17) is 4.74 Å². The monoisotopic (exact) mass is 284 g/mol. The van der Waals surface area contributed by atoms with E-state index in [9.17, 15) is 5.11 Å². The lowest BCUT2D eigenvalue weighted by Crippen LogP contribution is -2.43. The van der Waals surface area contributed by atoms with Gasteiger partial charge in [-0.25, -0.2) is 0 Å². The van der Waals surface area contributed by atoms with Crippen molar-refractivity contribution in [2.75, 3.05) is 7.11 Å². The van der Waals surface area contributed by atoms with Crippen LogP contribution < -0.4 is 4.74 Å². The molecule has 2 nitrogen and oxygen atoms in total. The second-order valence-electron chi connectivity index (χ2n) is 5.96. The van der Waals surface area contributed by atoms with Crippen molar-refractivity contribution >= 4 is 0 Å². The van der Waals surface area contributed by atoms with Gasteiger partial charge in [-0.2, -0.15) is 0 Å². The number of hydrogen-bond donors (Lipinski definition) is 1. The number of benzene rings is 1. The lowest BCUT2D eigenvalue weighted by atomic mass is 9.65. The molecule has 1 N–H and O–H groups in total. The smallest absolute Gasteiger partial charge is 0.119 e. The van der Waals surface area contributed by atoms with E-state index in [2.05, 4.69) is 19.7 Å². The number of methoxy groups -OCH3 is 1. The number of fused-ring (bicyclic) bond motifs is 1. The molecule has 0 radical (unpaired) electrons. The van der Waals surface area contributed by atoms with Crippen LogP contribution in [0.15, 0.2) is 55.7 Å². The molecule has 2 rings (SSSR count). The third kappa shape index (κ3) is 2.14. The van der Waals surface area contributed by atoms with Gasteiger partial charge in [0, 0.05) is 5.41 Å². The summed E-state index contributed by atoms with van der Waals surface area (Å²) in [4.78, 5) is 0. The SMILES string of the molecule is C=CCC1(CC=C)Cc2cc(OC)ccc2C1(O)C(=C)C. The van der Waals surface area contributed by atoms with Crippen LogP contribution in [-0.4, -0.2) is 12.2 Å². The molecule has 0 fully saturated rings. The highest BCUT2D eigenvalue weighted by Gasteiger charge is 2.55. The van der Waals surface area contributed by atoms with Crippen molar-refractivity contribution < 1.29 is 9.84 Å². The largest absolute Gasteiger partial charge is 0.497 e. The van der Waals surface area contributed by atoms with E-state index >= 15 is 0 Å². The predicted molar refractivity (Wildman–Crippen MR) is 87.5 cm³/mol. The Labute approximate surface area is 127 Å². The van der Waals surface area contributed by atoms with E-state index < -0.39 is 5.60 Å². The molecule has 0 amide bonds. The van der Waals surface area contributed by atoms with Gasteiger partial charge in [0.1, 0.15) is 11.4 Å². The predicted octanol–water partition coefficient (Wildman–Crippen LogP) is 4.15. The zero-order chi connectivity index (χ0) is 15.7. The lowest BCUT2D eigenvalue weighted by Gasteiger charge is -2.43. The first-order chi connectivity index (χ1) is 9.95. The topological polar surface area (TPSA) is 29.5 Å². The fourth-order valence-electron chi connectivity index (χ4n) is 3.73. The zero-order valence-electron chi connectivity index (χ0n) is 13.0. The minimum atomic E-state index is -1.06. The Kier molecular flexibility index (Phi) is 4.11. The molecule has 1 unspecified atom stereocenters. The van der Waals surface area contributed by atoms with Gasteiger partial charge in [0.05, 0.1) is 7.11 Å². The molecule has 0 saturated carbocycles. The molecular weight excluding hydrogens is 260 g/mol. The Morgan fingerprint density at radius 2 is 1.95 bits per heavy atom. The summed E-state index contributed by atoms with van der Waals surface area (Å²) in [6.07, 6.45) is 5.93. The van der Waals surface area contributed by atoms with Crippen molar-refractivity contribution in [3.05, 3.63) is 66.8 Å². The fraction of sp³-hybridized carbons (Fsp3) is 0.368. The van der Waals surface area contributed by atoms with Crippen LogP contribution in [0.1, 0.15) is 30.9 Å². The van der Waals surface area contributed by atoms with Crippen LogP contribution in [0.4, 0.5) is 0 Å². The zero-order valence-corrected chi connectivity index (χ0v) is 13.0. The van der Waals surface area contributed by atoms with Crippen LogP contribution in [0.3, 0.4) is 0 Å². The molecule has 0 aromatic heterocycles. The number of aliphatic hydroxyl groups is 1. The van der Waals surface area contributed by atoms with Gasteiger partial charge in [0.25, 0.3) is 0 Å². The van der Waals surface area contributed by atoms with Crippen LogP contribution in [0.5, 0.6) is 5.75 Å². The molecule has 1 aliphatic rings. The maximum absolute atomic E-state index is 11.5. The number of ether oxygens (including phenoxy) is 1. The molecular formula is C19H24O2. The molecule has 0 saturated heterocycles. The van der Waals surface area contributed by atoms with Crippen molar-refractivity contribution in [2.45, 2.75) is 31.8 Å². The van der Waals surface area contributed by atoms with Crippen molar-refractivity contribution in [2.24, 2.45) is 5.41 Å². The Morgan fingerprint density at radius 3 is 2.43 bits per heavy atom. The van der Waals surface area contributed by atoms with Crippen molar-refractivity contribution in [3.63, 3.8) is 0 Å². The maximum atomic E-state index is 11.5. The molecule has 0 aliphatic heterocycles. The highest BCUT2D eigenvalue weighted by atomic mass is 16.5. The molecule has 1 aromatic carbocycles. The standard InChI is InChI=1S/C19H24O2/c1-6-10-18(11-7-2)13-15-12-16(21-5)8-9-17(15)19(18,20)14(3)4/h6-9,12,20H,1-3,10-11,13H2,4-5H3. The summed E-state index contributed by atoms with van der Waals surface area (Å²) in [6, 6.07) is 5.86. The molecule has 112 valence electrons. The van der Waals surface area contributed by atoms with Gasteiger partial charge in [0.15, 0.2) is 0 Å². The van der Waals surface area contributed by atoms with E-state index in [0.717, 1.165) is 28.9 Å². The summed E-state index contributed by atoms with van der Waals surface area (Å²) < 4.78 is 5.31. The Hall–Kier alpha value is -1.80. The second-order valence-corrected chi connectivity index (χ2v) is 5.96. The van der Waals surface area contributed by atoms with Gasteiger partial charge in [-0.05, 0) is 55.0 Å². The van der Waals surface area contributed by atoms with Crippen LogP contribution >= 0.6 is 0 Å². The van der Waals surface area contributed by atoms with Gasteiger partial charge in [-0.15, -0.1) is 13.2 Å². The van der Waals surface area contributed by atoms with Gasteiger partial charge in [0.2, 0.25) is 0 Å². The summed E-state index contributed by atoms with van der Waals surface area (Å²) in [5.74, 6) is 0.811. The minimum Gasteiger partial charge on any atom is -0.497 e. The molecule has 1 aromatic rings. The van der Waals surface area contributed by atoms with Gasteiger partial charge in [-0.3, -0.25) is 0 Å². The second kappa shape index (κ2) is 5.53. The molecule has 0 spiro atoms. The quantitative estimate of drug-likeness (QED) is 0.795. The molecule has 1 aliphatic carbocycles. The summed E-state index contributed by atoms with van der Waals surface area (Å²) in [6.45, 7) is 13.7. The third-order valence-corrected chi connectivity index (χ3v) is 4.69. The van der Waals surface area contributed by atoms with E-state index in [-0.39, 0.29) is 5.41 Å². The van der Waals surface area contributed by atoms with Crippen LogP contribution in [0.25, 0.3) is 0 Å². The molecule has 0 bridgehead atoms. The highest BCUT2D eigenvalue weighted by molar-refractivity contribution is 5.50. The summed E-state index contributed by atoms with van der Waals surface area (Å²) in [5, 5.41) is 11.5. The first kappa shape index (κ1) is 15.6. The first-order valence-corrected chi connectivity index (χ1v) is 7.22. The number of rotatable bonds is 6. The Morgan fingerprint density at radius 1 is 1.33 bits per heavy atom. The Balaban J connectivity index is 2.66. The minimum absolute atomic E-state index is 0.364. The highest BCUT2D eigenvalue weighted by Crippen LogP contribution is 2.58. The van der Waals surface area contributed by atoms with Gasteiger partial charge < -0.3 is 9.84 Å². The number of allylic oxidation sites excluding steroid dienone is 2. The average Bonchev–Trinajstić information content (AvgIpc) is 2.69. The van der Waals surface area contributed by atoms with Crippen molar-refractivity contribution in [1.82, 2.24) is 0 Å². The summed E-state index contributed by atoms with van der Waals surface area (Å²) in [5.41, 5.74) is 1.38. The molecule has 21 heavy (non-hydrogen) atoms. The first-order valence-electron chi connectivity index (χ1n) is 7.22. The average molecular weight is 284 g/mol. The molecule has 2 heteroatoms. The molecule has 0 heterocycles. The third-order valence-electron chi connectivity index (χ3n) is 4.69. The van der Waals surface area contributed by atoms with Crippen LogP contribution in [-0.2, 0) is 12.0 Å². The maximum Gasteiger partial charge on any atom is 0.119 e. The van der Waals surface area contributed by atoms with Gasteiger partial charge in [-0.1, -0.05) is 24.8 Å². The normalized spacial score (nSPS) is 22.4. The van der Waals surface area contributed by atoms with E-state index in [0.29, 0.717) is 12.8 Å². The number of hydrogen-bond acceptors (Lipinski definition) is 2.